The van der Waals surface area contributed by atoms with E-state index in [2.05, 4.69) is 103 Å². The summed E-state index contributed by atoms with van der Waals surface area (Å²) in [6, 6.07) is 27.3. The van der Waals surface area contributed by atoms with E-state index in [-0.39, 0.29) is 0 Å². The Balaban J connectivity index is 0.929. The maximum Gasteiger partial charge on any atom is 0.128 e. The van der Waals surface area contributed by atoms with E-state index in [1.807, 2.05) is 0 Å². The molecule has 0 spiro atoms. The molecule has 6 aromatic rings. The van der Waals surface area contributed by atoms with E-state index in [9.17, 15) is 0 Å². The first-order valence-corrected chi connectivity index (χ1v) is 18.6. The van der Waals surface area contributed by atoms with Gasteiger partial charge in [-0.1, -0.05) is 0 Å². The van der Waals surface area contributed by atoms with E-state index in [0.717, 1.165) is 130 Å². The highest BCUT2D eigenvalue weighted by Gasteiger charge is 2.19. The lowest BCUT2D eigenvalue weighted by molar-refractivity contribution is 0.570. The number of amidine groups is 4. The van der Waals surface area contributed by atoms with Gasteiger partial charge in [0.1, 0.15) is 23.3 Å². The number of aromatic nitrogens is 2. The number of nitrogens with zero attached hydrogens (tertiary/aromatic N) is 6. The number of fused-ring (bicyclic) bond motifs is 6. The van der Waals surface area contributed by atoms with Gasteiger partial charge in [-0.2, -0.15) is 0 Å². The predicted molar refractivity (Wildman–Crippen MR) is 210 cm³/mol. The van der Waals surface area contributed by atoms with Crippen molar-refractivity contribution in [3.8, 4) is 0 Å². The lowest BCUT2D eigenvalue weighted by Gasteiger charge is -2.11. The van der Waals surface area contributed by atoms with E-state index in [1.54, 1.807) is 0 Å². The average Bonchev–Trinajstić information content (AvgIpc) is 4.03. The molecule has 256 valence electrons. The normalized spacial score (nSPS) is 17.1. The van der Waals surface area contributed by atoms with Crippen molar-refractivity contribution in [2.24, 2.45) is 20.0 Å². The first kappa shape index (κ1) is 30.2. The SMILES string of the molecule is c1cc2c(cc1C1=NCCN1)c1cc(C3=NCCN3)ccc1n2CCCCCn1c2ccc(C3=NCCN3)cc2c2cc(C3=NCCN3)ccc21. The Hall–Kier alpha value is -5.64. The topological polar surface area (TPSA) is 107 Å². The second-order valence-corrected chi connectivity index (χ2v) is 13.9. The minimum atomic E-state index is 0.835. The molecule has 10 heteroatoms. The number of unbranched alkanes of at least 4 members (excludes halogenated alkanes) is 2. The molecule has 0 aliphatic carbocycles. The molecule has 51 heavy (non-hydrogen) atoms. The molecule has 0 saturated carbocycles. The Kier molecular flexibility index (Phi) is 7.46. The molecule has 0 amide bonds. The molecule has 0 saturated heterocycles. The van der Waals surface area contributed by atoms with Gasteiger partial charge in [-0.25, -0.2) is 0 Å². The van der Waals surface area contributed by atoms with Crippen LogP contribution in [0.4, 0.5) is 0 Å². The van der Waals surface area contributed by atoms with Gasteiger partial charge in [0.25, 0.3) is 0 Å². The van der Waals surface area contributed by atoms with Crippen molar-refractivity contribution in [1.29, 1.82) is 0 Å². The molecule has 10 rings (SSSR count). The number of hydrogen-bond acceptors (Lipinski definition) is 8. The summed E-state index contributed by atoms with van der Waals surface area (Å²) in [5, 5.41) is 18.9. The molecular weight excluding hydrogens is 633 g/mol. The fraction of sp³-hybridized carbons (Fsp3) is 0.317. The summed E-state index contributed by atoms with van der Waals surface area (Å²) in [6.07, 6.45) is 3.35. The average molecular weight is 675 g/mol. The van der Waals surface area contributed by atoms with Crippen LogP contribution in [0.15, 0.2) is 92.8 Å². The third-order valence-corrected chi connectivity index (χ3v) is 10.8. The van der Waals surface area contributed by atoms with Crippen molar-refractivity contribution in [3.63, 3.8) is 0 Å². The lowest BCUT2D eigenvalue weighted by Crippen LogP contribution is -2.19. The van der Waals surface area contributed by atoms with Crippen molar-refractivity contribution in [2.45, 2.75) is 32.4 Å². The van der Waals surface area contributed by atoms with Crippen LogP contribution in [0.1, 0.15) is 41.5 Å². The zero-order valence-electron chi connectivity index (χ0n) is 28.8. The maximum absolute atomic E-state index is 4.71. The summed E-state index contributed by atoms with van der Waals surface area (Å²) >= 11 is 0. The first-order valence-electron chi connectivity index (χ1n) is 18.6. The van der Waals surface area contributed by atoms with Crippen molar-refractivity contribution < 1.29 is 0 Å². The minimum absolute atomic E-state index is 0.835. The van der Waals surface area contributed by atoms with E-state index in [0.29, 0.717) is 0 Å². The molecule has 4 aliphatic rings. The van der Waals surface area contributed by atoms with E-state index >= 15 is 0 Å². The Morgan fingerprint density at radius 2 is 0.686 bits per heavy atom. The summed E-state index contributed by atoms with van der Waals surface area (Å²) in [5.41, 5.74) is 9.75. The largest absolute Gasteiger partial charge is 0.368 e. The number of aryl methyl sites for hydroxylation is 2. The third kappa shape index (κ3) is 5.32. The summed E-state index contributed by atoms with van der Waals surface area (Å²) in [6.45, 7) is 8.91. The van der Waals surface area contributed by atoms with Gasteiger partial charge in [-0.05, 0) is 92.1 Å². The van der Waals surface area contributed by atoms with Crippen molar-refractivity contribution in [2.75, 3.05) is 52.4 Å². The van der Waals surface area contributed by atoms with Gasteiger partial charge < -0.3 is 30.4 Å². The Bertz CT molecular complexity index is 2140. The molecule has 0 fully saturated rings. The van der Waals surface area contributed by atoms with Crippen molar-refractivity contribution in [3.05, 3.63) is 95.1 Å². The minimum Gasteiger partial charge on any atom is -0.368 e. The standard InChI is InChI=1S/C41H42N10/c1(2-20-50-34-8-4-26(38-42-12-13-43-38)22-30(34)31-23-27(5-9-35(31)50)39-44-14-15-45-39)3-21-51-36-10-6-28(40-46-16-17-47-40)24-32(36)33-25-29(7-11-37(33)51)41-48-18-19-49-41/h4-11,22-25H,1-3,12-21H2,(H,42,43)(H,44,45)(H,46,47)(H,48,49). The molecule has 0 bridgehead atoms. The van der Waals surface area contributed by atoms with E-state index < -0.39 is 0 Å². The van der Waals surface area contributed by atoms with Crippen LogP contribution in [0.5, 0.6) is 0 Å². The van der Waals surface area contributed by atoms with Crippen LogP contribution in [0.3, 0.4) is 0 Å². The predicted octanol–water partition coefficient (Wildman–Crippen LogP) is 5.17. The summed E-state index contributed by atoms with van der Waals surface area (Å²) in [7, 11) is 0. The second-order valence-electron chi connectivity index (χ2n) is 13.9. The van der Waals surface area contributed by atoms with Gasteiger partial charge in [0.05, 0.1) is 26.2 Å². The van der Waals surface area contributed by atoms with Crippen LogP contribution in [0.25, 0.3) is 43.6 Å². The molecule has 6 heterocycles. The van der Waals surface area contributed by atoms with E-state index in [1.165, 1.54) is 43.6 Å². The zero-order valence-corrected chi connectivity index (χ0v) is 28.8. The Morgan fingerprint density at radius 3 is 0.941 bits per heavy atom. The third-order valence-electron chi connectivity index (χ3n) is 10.8. The van der Waals surface area contributed by atoms with Crippen molar-refractivity contribution in [1.82, 2.24) is 30.4 Å². The molecule has 4 N–H and O–H groups in total. The first-order chi connectivity index (χ1) is 25.3. The number of hydrogen-bond donors (Lipinski definition) is 4. The fourth-order valence-electron chi connectivity index (χ4n) is 8.36. The van der Waals surface area contributed by atoms with Crippen LogP contribution < -0.4 is 21.3 Å². The number of benzene rings is 4. The van der Waals surface area contributed by atoms with Gasteiger partial charge >= 0.3 is 0 Å². The monoisotopic (exact) mass is 674 g/mol. The highest BCUT2D eigenvalue weighted by molar-refractivity contribution is 6.15. The van der Waals surface area contributed by atoms with Crippen molar-refractivity contribution >= 4 is 67.0 Å². The lowest BCUT2D eigenvalue weighted by atomic mass is 10.1. The van der Waals surface area contributed by atoms with Gasteiger partial charge in [-0.15, -0.1) is 0 Å². The summed E-state index contributed by atoms with van der Waals surface area (Å²) in [4.78, 5) is 18.8. The molecule has 0 unspecified atom stereocenters. The number of nitrogens with one attached hydrogen (secondary N) is 4. The van der Waals surface area contributed by atoms with Crippen LogP contribution >= 0.6 is 0 Å². The molecule has 0 radical (unpaired) electrons. The molecule has 4 aromatic carbocycles. The van der Waals surface area contributed by atoms with Crippen LogP contribution in [-0.4, -0.2) is 84.8 Å². The highest BCUT2D eigenvalue weighted by Crippen LogP contribution is 2.34. The highest BCUT2D eigenvalue weighted by atomic mass is 15.1. The van der Waals surface area contributed by atoms with Gasteiger partial charge in [0, 0.05) is 105 Å². The fourth-order valence-corrected chi connectivity index (χ4v) is 8.36. The Morgan fingerprint density at radius 1 is 0.392 bits per heavy atom. The smallest absolute Gasteiger partial charge is 0.128 e. The maximum atomic E-state index is 4.71. The van der Waals surface area contributed by atoms with Gasteiger partial charge in [-0.3, -0.25) is 20.0 Å². The van der Waals surface area contributed by atoms with Gasteiger partial charge in [0.15, 0.2) is 0 Å². The van der Waals surface area contributed by atoms with Gasteiger partial charge in [0.2, 0.25) is 0 Å². The quantitative estimate of drug-likeness (QED) is 0.151. The summed E-state index contributed by atoms with van der Waals surface area (Å²) < 4.78 is 5.05. The molecular formula is C41H42N10. The second kappa shape index (κ2) is 12.6. The molecule has 2 aromatic heterocycles. The van der Waals surface area contributed by atoms with E-state index in [4.69, 9.17) is 20.0 Å². The van der Waals surface area contributed by atoms with Crippen LogP contribution in [0.2, 0.25) is 0 Å². The van der Waals surface area contributed by atoms with Crippen LogP contribution in [0, 0.1) is 0 Å². The number of rotatable bonds is 10. The Labute approximate surface area is 296 Å². The summed E-state index contributed by atoms with van der Waals surface area (Å²) in [5.74, 6) is 4.00. The molecule has 10 nitrogen and oxygen atoms in total. The number of aliphatic imine (C=N–C) groups is 4. The molecule has 4 aliphatic heterocycles. The zero-order chi connectivity index (χ0) is 33.7. The molecule has 0 atom stereocenters. The van der Waals surface area contributed by atoms with Crippen LogP contribution in [-0.2, 0) is 13.1 Å².